The molecule has 8 nitrogen and oxygen atoms in total. The Kier molecular flexibility index (Phi) is 5.21. The number of anilines is 1. The fourth-order valence-corrected chi connectivity index (χ4v) is 1.81. The maximum atomic E-state index is 12.0. The Bertz CT molecular complexity index is 686. The first-order valence-electron chi connectivity index (χ1n) is 6.81. The van der Waals surface area contributed by atoms with E-state index in [0.29, 0.717) is 11.5 Å². The van der Waals surface area contributed by atoms with Gasteiger partial charge in [-0.1, -0.05) is 0 Å². The third kappa shape index (κ3) is 5.11. The number of carbonyl (C=O) groups is 1. The topological polar surface area (TPSA) is 94.0 Å². The van der Waals surface area contributed by atoms with Gasteiger partial charge in [0.2, 0.25) is 5.88 Å². The largest absolute Gasteiger partial charge is 0.468 e. The van der Waals surface area contributed by atoms with Crippen LogP contribution in [0.1, 0.15) is 18.8 Å². The van der Waals surface area contributed by atoms with E-state index < -0.39 is 18.8 Å². The highest BCUT2D eigenvalue weighted by atomic mass is 19.4. The zero-order valence-corrected chi connectivity index (χ0v) is 12.8. The van der Waals surface area contributed by atoms with Crippen molar-refractivity contribution in [3.8, 4) is 5.88 Å². The first kappa shape index (κ1) is 17.5. The zero-order valence-electron chi connectivity index (χ0n) is 12.8. The second-order valence-electron chi connectivity index (χ2n) is 4.91. The van der Waals surface area contributed by atoms with Crippen molar-refractivity contribution in [2.45, 2.75) is 19.1 Å². The molecule has 0 aliphatic carbocycles. The van der Waals surface area contributed by atoms with E-state index in [0.717, 1.165) is 0 Å². The lowest BCUT2D eigenvalue weighted by molar-refractivity contribution is -0.154. The van der Waals surface area contributed by atoms with Gasteiger partial charge in [-0.05, 0) is 13.0 Å². The first-order chi connectivity index (χ1) is 11.2. The number of pyridine rings is 1. The minimum atomic E-state index is -4.44. The number of hydrogen-bond donors (Lipinski definition) is 2. The number of hydrogen-bond acceptors (Lipinski definition) is 5. The quantitative estimate of drug-likeness (QED) is 0.866. The van der Waals surface area contributed by atoms with Crippen molar-refractivity contribution in [1.29, 1.82) is 0 Å². The summed E-state index contributed by atoms with van der Waals surface area (Å²) in [5, 5.41) is 12.7. The molecule has 0 fully saturated rings. The summed E-state index contributed by atoms with van der Waals surface area (Å²) in [6, 6.07) is 1.70. The summed E-state index contributed by atoms with van der Waals surface area (Å²) >= 11 is 0. The van der Waals surface area contributed by atoms with Crippen LogP contribution in [0.4, 0.5) is 23.7 Å². The number of nitrogens with zero attached hydrogens (tertiary/aromatic N) is 4. The average Bonchev–Trinajstić information content (AvgIpc) is 2.92. The van der Waals surface area contributed by atoms with Crippen LogP contribution in [0.2, 0.25) is 0 Å². The molecule has 0 saturated heterocycles. The predicted molar refractivity (Wildman–Crippen MR) is 77.4 cm³/mol. The summed E-state index contributed by atoms with van der Waals surface area (Å²) in [4.78, 5) is 15.6. The standard InChI is InChI=1S/C13H15F3N6O2/c1-8(11-21-18-7-22(11)2)19-12(23)20-9-3-4-10(17-5-9)24-6-13(14,15)16/h3-5,7-8H,6H2,1-2H3,(H2,19,20,23)/t8-/m0/s1. The van der Waals surface area contributed by atoms with Crippen molar-refractivity contribution in [1.82, 2.24) is 25.1 Å². The predicted octanol–water partition coefficient (Wildman–Crippen LogP) is 2.03. The molecule has 2 rings (SSSR count). The Labute approximate surface area is 135 Å². The van der Waals surface area contributed by atoms with Gasteiger partial charge in [0.1, 0.15) is 6.33 Å². The normalized spacial score (nSPS) is 12.5. The van der Waals surface area contributed by atoms with Crippen LogP contribution in [0.25, 0.3) is 0 Å². The highest BCUT2D eigenvalue weighted by Gasteiger charge is 2.28. The molecule has 0 unspecified atom stereocenters. The smallest absolute Gasteiger partial charge is 0.422 e. The molecule has 2 aromatic rings. The SMILES string of the molecule is C[C@H](NC(=O)Nc1ccc(OCC(F)(F)F)nc1)c1nncn1C. The fourth-order valence-electron chi connectivity index (χ4n) is 1.81. The molecule has 0 spiro atoms. The Hall–Kier alpha value is -2.85. The second-order valence-corrected chi connectivity index (χ2v) is 4.91. The van der Waals surface area contributed by atoms with Crippen LogP contribution in [0.15, 0.2) is 24.7 Å². The van der Waals surface area contributed by atoms with Gasteiger partial charge in [0.05, 0.1) is 17.9 Å². The maximum Gasteiger partial charge on any atom is 0.422 e. The molecule has 2 aromatic heterocycles. The summed E-state index contributed by atoms with van der Waals surface area (Å²) in [6.45, 7) is 0.304. The van der Waals surface area contributed by atoms with Crippen LogP contribution in [0.3, 0.4) is 0 Å². The van der Waals surface area contributed by atoms with E-state index in [9.17, 15) is 18.0 Å². The van der Waals surface area contributed by atoms with Crippen molar-refractivity contribution in [3.63, 3.8) is 0 Å². The summed E-state index contributed by atoms with van der Waals surface area (Å²) in [6.07, 6.45) is -1.73. The van der Waals surface area contributed by atoms with Gasteiger partial charge in [0.25, 0.3) is 0 Å². The molecule has 130 valence electrons. The van der Waals surface area contributed by atoms with Gasteiger partial charge < -0.3 is 19.9 Å². The lowest BCUT2D eigenvalue weighted by Crippen LogP contribution is -2.32. The summed E-state index contributed by atoms with van der Waals surface area (Å²) in [7, 11) is 1.75. The van der Waals surface area contributed by atoms with Crippen molar-refractivity contribution in [3.05, 3.63) is 30.5 Å². The molecule has 11 heteroatoms. The van der Waals surface area contributed by atoms with Crippen molar-refractivity contribution >= 4 is 11.7 Å². The third-order valence-corrected chi connectivity index (χ3v) is 2.86. The lowest BCUT2D eigenvalue weighted by Gasteiger charge is -2.14. The molecular weight excluding hydrogens is 329 g/mol. The zero-order chi connectivity index (χ0) is 17.7. The fraction of sp³-hybridized carbons (Fsp3) is 0.385. The molecule has 2 N–H and O–H groups in total. The van der Waals surface area contributed by atoms with Crippen molar-refractivity contribution < 1.29 is 22.7 Å². The van der Waals surface area contributed by atoms with Crippen molar-refractivity contribution in [2.75, 3.05) is 11.9 Å². The number of urea groups is 1. The second kappa shape index (κ2) is 7.15. The minimum absolute atomic E-state index is 0.189. The maximum absolute atomic E-state index is 12.0. The molecular formula is C13H15F3N6O2. The number of rotatable bonds is 5. The molecule has 0 aromatic carbocycles. The van der Waals surface area contributed by atoms with E-state index >= 15 is 0 Å². The van der Waals surface area contributed by atoms with Crippen LogP contribution < -0.4 is 15.4 Å². The number of nitrogens with one attached hydrogen (secondary N) is 2. The molecule has 2 amide bonds. The average molecular weight is 344 g/mol. The molecule has 0 saturated carbocycles. The van der Waals surface area contributed by atoms with Crippen LogP contribution >= 0.6 is 0 Å². The Morgan fingerprint density at radius 2 is 2.17 bits per heavy atom. The number of aromatic nitrogens is 4. The molecule has 0 bridgehead atoms. The van der Waals surface area contributed by atoms with Gasteiger partial charge in [-0.3, -0.25) is 0 Å². The highest BCUT2D eigenvalue weighted by Crippen LogP contribution is 2.18. The van der Waals surface area contributed by atoms with Gasteiger partial charge in [0, 0.05) is 13.1 Å². The summed E-state index contributed by atoms with van der Waals surface area (Å²) in [5.41, 5.74) is 0.303. The molecule has 24 heavy (non-hydrogen) atoms. The van der Waals surface area contributed by atoms with Crippen LogP contribution in [0, 0.1) is 0 Å². The summed E-state index contributed by atoms with van der Waals surface area (Å²) in [5.74, 6) is 0.380. The summed E-state index contributed by atoms with van der Waals surface area (Å²) < 4.78 is 42.2. The minimum Gasteiger partial charge on any atom is -0.468 e. The molecule has 1 atom stereocenters. The number of carbonyl (C=O) groups excluding carboxylic acids is 1. The Balaban J connectivity index is 1.87. The van der Waals surface area contributed by atoms with E-state index in [1.165, 1.54) is 24.7 Å². The number of halogens is 3. The number of amides is 2. The van der Waals surface area contributed by atoms with Gasteiger partial charge in [0.15, 0.2) is 12.4 Å². The molecule has 0 aliphatic rings. The third-order valence-electron chi connectivity index (χ3n) is 2.86. The highest BCUT2D eigenvalue weighted by molar-refractivity contribution is 5.89. The molecule has 0 aliphatic heterocycles. The monoisotopic (exact) mass is 344 g/mol. The van der Waals surface area contributed by atoms with Crippen LogP contribution in [-0.4, -0.2) is 38.6 Å². The van der Waals surface area contributed by atoms with E-state index in [2.05, 4.69) is 30.6 Å². The van der Waals surface area contributed by atoms with Crippen molar-refractivity contribution in [2.24, 2.45) is 7.05 Å². The van der Waals surface area contributed by atoms with Crippen LogP contribution in [0.5, 0.6) is 5.88 Å². The Morgan fingerprint density at radius 1 is 1.42 bits per heavy atom. The molecule has 0 radical (unpaired) electrons. The van der Waals surface area contributed by atoms with E-state index in [1.807, 2.05) is 0 Å². The van der Waals surface area contributed by atoms with Gasteiger partial charge >= 0.3 is 12.2 Å². The molecule has 2 heterocycles. The number of ether oxygens (including phenoxy) is 1. The number of alkyl halides is 3. The number of aryl methyl sites for hydroxylation is 1. The van der Waals surface area contributed by atoms with Gasteiger partial charge in [-0.2, -0.15) is 13.2 Å². The lowest BCUT2D eigenvalue weighted by atomic mass is 10.3. The first-order valence-corrected chi connectivity index (χ1v) is 6.81. The van der Waals surface area contributed by atoms with E-state index in [1.54, 1.807) is 18.5 Å². The van der Waals surface area contributed by atoms with E-state index in [-0.39, 0.29) is 11.9 Å². The van der Waals surface area contributed by atoms with Gasteiger partial charge in [-0.15, -0.1) is 10.2 Å². The Morgan fingerprint density at radius 3 is 2.71 bits per heavy atom. The van der Waals surface area contributed by atoms with E-state index in [4.69, 9.17) is 0 Å². The van der Waals surface area contributed by atoms with Gasteiger partial charge in [-0.25, -0.2) is 9.78 Å². The van der Waals surface area contributed by atoms with Crippen LogP contribution in [-0.2, 0) is 7.05 Å².